The molecule has 2 rings (SSSR count). The predicted octanol–water partition coefficient (Wildman–Crippen LogP) is 1.86. The van der Waals surface area contributed by atoms with Gasteiger partial charge in [-0.05, 0) is 57.5 Å². The van der Waals surface area contributed by atoms with Crippen molar-refractivity contribution in [1.82, 2.24) is 10.2 Å². The van der Waals surface area contributed by atoms with E-state index >= 15 is 0 Å². The molecular formula is C16H31ClN2O3S. The minimum Gasteiger partial charge on any atom is -0.336 e. The molecular weight excluding hydrogens is 336 g/mol. The zero-order chi connectivity index (χ0) is 16.3. The van der Waals surface area contributed by atoms with Crippen molar-refractivity contribution in [3.8, 4) is 0 Å². The van der Waals surface area contributed by atoms with Crippen LogP contribution < -0.4 is 5.32 Å². The number of piperidine rings is 1. The maximum absolute atomic E-state index is 12.7. The van der Waals surface area contributed by atoms with E-state index in [1.165, 1.54) is 19.1 Å². The molecule has 0 radical (unpaired) electrons. The van der Waals surface area contributed by atoms with E-state index in [2.05, 4.69) is 12.2 Å². The minimum absolute atomic E-state index is 0. The van der Waals surface area contributed by atoms with Crippen LogP contribution >= 0.6 is 12.4 Å². The topological polar surface area (TPSA) is 66.5 Å². The number of amides is 1. The standard InChI is InChI=1S/C16H30N2O3S.ClH/c1-12(14-5-4-8-17-10-14)9-16(19)18(15-6-7-15)13(2)11-22(3,20)21;/h12-15,17H,4-11H2,1-3H3;1H. The summed E-state index contributed by atoms with van der Waals surface area (Å²) in [7, 11) is -3.06. The third-order valence-electron chi connectivity index (χ3n) is 4.88. The van der Waals surface area contributed by atoms with E-state index < -0.39 is 9.84 Å². The van der Waals surface area contributed by atoms with Crippen molar-refractivity contribution in [2.75, 3.05) is 25.1 Å². The van der Waals surface area contributed by atoms with Crippen LogP contribution in [0.1, 0.15) is 46.0 Å². The maximum atomic E-state index is 12.7. The van der Waals surface area contributed by atoms with E-state index in [9.17, 15) is 13.2 Å². The highest BCUT2D eigenvalue weighted by Crippen LogP contribution is 2.31. The van der Waals surface area contributed by atoms with Gasteiger partial charge in [0.05, 0.1) is 5.75 Å². The molecule has 0 bridgehead atoms. The van der Waals surface area contributed by atoms with Crippen LogP contribution in [0.5, 0.6) is 0 Å². The molecule has 1 saturated heterocycles. The van der Waals surface area contributed by atoms with E-state index in [1.54, 1.807) is 0 Å². The van der Waals surface area contributed by atoms with E-state index in [0.717, 1.165) is 25.9 Å². The summed E-state index contributed by atoms with van der Waals surface area (Å²) in [5.41, 5.74) is 0. The molecule has 0 aromatic carbocycles. The average molecular weight is 367 g/mol. The number of carbonyl (C=O) groups is 1. The van der Waals surface area contributed by atoms with Crippen molar-refractivity contribution in [3.05, 3.63) is 0 Å². The van der Waals surface area contributed by atoms with E-state index in [0.29, 0.717) is 18.3 Å². The molecule has 0 spiro atoms. The smallest absolute Gasteiger partial charge is 0.223 e. The Kier molecular flexibility index (Phi) is 7.81. The van der Waals surface area contributed by atoms with Gasteiger partial charge in [0, 0.05) is 24.8 Å². The molecule has 7 heteroatoms. The molecule has 2 fully saturated rings. The lowest BCUT2D eigenvalue weighted by Gasteiger charge is -2.33. The molecule has 1 aliphatic heterocycles. The molecule has 5 nitrogen and oxygen atoms in total. The van der Waals surface area contributed by atoms with Gasteiger partial charge < -0.3 is 10.2 Å². The molecule has 23 heavy (non-hydrogen) atoms. The molecule has 1 aliphatic carbocycles. The fraction of sp³-hybridized carbons (Fsp3) is 0.938. The van der Waals surface area contributed by atoms with Crippen molar-refractivity contribution in [3.63, 3.8) is 0 Å². The molecule has 3 unspecified atom stereocenters. The molecule has 2 aliphatic rings. The Morgan fingerprint density at radius 2 is 1.91 bits per heavy atom. The summed E-state index contributed by atoms with van der Waals surface area (Å²) in [4.78, 5) is 14.6. The third kappa shape index (κ3) is 6.59. The van der Waals surface area contributed by atoms with Gasteiger partial charge in [-0.1, -0.05) is 6.92 Å². The van der Waals surface area contributed by atoms with Crippen LogP contribution in [0.3, 0.4) is 0 Å². The van der Waals surface area contributed by atoms with Crippen LogP contribution in [0, 0.1) is 11.8 Å². The normalized spacial score (nSPS) is 24.4. The Morgan fingerprint density at radius 3 is 2.39 bits per heavy atom. The molecule has 1 saturated carbocycles. The largest absolute Gasteiger partial charge is 0.336 e. The molecule has 136 valence electrons. The summed E-state index contributed by atoms with van der Waals surface area (Å²) in [6, 6.07) is 0.0487. The first-order chi connectivity index (χ1) is 10.3. The van der Waals surface area contributed by atoms with Gasteiger partial charge in [-0.2, -0.15) is 0 Å². The Morgan fingerprint density at radius 1 is 1.26 bits per heavy atom. The van der Waals surface area contributed by atoms with Crippen molar-refractivity contribution in [2.45, 2.75) is 58.0 Å². The SMILES string of the molecule is CC(CC(=O)N(C(C)CS(C)(=O)=O)C1CC1)C1CCCNC1.Cl. The van der Waals surface area contributed by atoms with Crippen molar-refractivity contribution in [2.24, 2.45) is 11.8 Å². The van der Waals surface area contributed by atoms with Gasteiger partial charge in [0.25, 0.3) is 0 Å². The molecule has 3 atom stereocenters. The summed E-state index contributed by atoms with van der Waals surface area (Å²) in [6.45, 7) is 6.10. The Bertz CT molecular complexity index is 488. The quantitative estimate of drug-likeness (QED) is 0.746. The van der Waals surface area contributed by atoms with Crippen molar-refractivity contribution in [1.29, 1.82) is 0 Å². The highest BCUT2D eigenvalue weighted by Gasteiger charge is 2.37. The summed E-state index contributed by atoms with van der Waals surface area (Å²) >= 11 is 0. The molecule has 1 amide bonds. The Labute approximate surface area is 146 Å². The Hall–Kier alpha value is -0.330. The van der Waals surface area contributed by atoms with Gasteiger partial charge >= 0.3 is 0 Å². The number of rotatable bonds is 7. The number of nitrogens with one attached hydrogen (secondary N) is 1. The van der Waals surface area contributed by atoms with Gasteiger partial charge in [-0.15, -0.1) is 12.4 Å². The first kappa shape index (κ1) is 20.7. The van der Waals surface area contributed by atoms with Crippen LogP contribution in [-0.4, -0.2) is 56.4 Å². The highest BCUT2D eigenvalue weighted by molar-refractivity contribution is 7.90. The first-order valence-corrected chi connectivity index (χ1v) is 10.5. The lowest BCUT2D eigenvalue weighted by molar-refractivity contribution is -0.134. The summed E-state index contributed by atoms with van der Waals surface area (Å²) in [5.74, 6) is 1.11. The number of nitrogens with zero attached hydrogens (tertiary/aromatic N) is 1. The van der Waals surface area contributed by atoms with Crippen LogP contribution in [0.2, 0.25) is 0 Å². The first-order valence-electron chi connectivity index (χ1n) is 8.47. The zero-order valence-corrected chi connectivity index (χ0v) is 16.1. The Balaban J connectivity index is 0.00000264. The van der Waals surface area contributed by atoms with Crippen LogP contribution in [0.15, 0.2) is 0 Å². The number of hydrogen-bond acceptors (Lipinski definition) is 4. The maximum Gasteiger partial charge on any atom is 0.223 e. The van der Waals surface area contributed by atoms with Crippen LogP contribution in [0.25, 0.3) is 0 Å². The fourth-order valence-electron chi connectivity index (χ4n) is 3.59. The van der Waals surface area contributed by atoms with E-state index in [-0.39, 0.29) is 36.2 Å². The lowest BCUT2D eigenvalue weighted by atomic mass is 9.85. The third-order valence-corrected chi connectivity index (χ3v) is 5.97. The van der Waals surface area contributed by atoms with Crippen LogP contribution in [-0.2, 0) is 14.6 Å². The second-order valence-electron chi connectivity index (χ2n) is 7.26. The fourth-order valence-corrected chi connectivity index (χ4v) is 4.63. The summed E-state index contributed by atoms with van der Waals surface area (Å²) < 4.78 is 23.1. The second kappa shape index (κ2) is 8.67. The highest BCUT2D eigenvalue weighted by atomic mass is 35.5. The lowest BCUT2D eigenvalue weighted by Crippen LogP contribution is -2.45. The van der Waals surface area contributed by atoms with Gasteiger partial charge in [0.1, 0.15) is 9.84 Å². The van der Waals surface area contributed by atoms with Crippen molar-refractivity contribution >= 4 is 28.2 Å². The molecule has 1 N–H and O–H groups in total. The molecule has 0 aromatic heterocycles. The van der Waals surface area contributed by atoms with E-state index in [4.69, 9.17) is 0 Å². The second-order valence-corrected chi connectivity index (χ2v) is 9.45. The van der Waals surface area contributed by atoms with E-state index in [1.807, 2.05) is 11.8 Å². The van der Waals surface area contributed by atoms with Gasteiger partial charge in [-0.3, -0.25) is 4.79 Å². The van der Waals surface area contributed by atoms with Gasteiger partial charge in [0.15, 0.2) is 0 Å². The zero-order valence-electron chi connectivity index (χ0n) is 14.5. The molecule has 1 heterocycles. The monoisotopic (exact) mass is 366 g/mol. The van der Waals surface area contributed by atoms with Gasteiger partial charge in [0.2, 0.25) is 5.91 Å². The summed E-state index contributed by atoms with van der Waals surface area (Å²) in [6.07, 6.45) is 6.18. The van der Waals surface area contributed by atoms with Crippen LogP contribution in [0.4, 0.5) is 0 Å². The average Bonchev–Trinajstić information content (AvgIpc) is 3.22. The number of halogens is 1. The molecule has 0 aromatic rings. The van der Waals surface area contributed by atoms with Gasteiger partial charge in [-0.25, -0.2) is 8.42 Å². The van der Waals surface area contributed by atoms with Crippen molar-refractivity contribution < 1.29 is 13.2 Å². The minimum atomic E-state index is -3.06. The predicted molar refractivity (Wildman–Crippen MR) is 95.7 cm³/mol. The number of hydrogen-bond donors (Lipinski definition) is 1. The number of sulfone groups is 1. The summed E-state index contributed by atoms with van der Waals surface area (Å²) in [5, 5.41) is 3.40. The number of carbonyl (C=O) groups excluding carboxylic acids is 1.